The molecule has 0 fully saturated rings. The summed E-state index contributed by atoms with van der Waals surface area (Å²) in [5.41, 5.74) is 0. The molecule has 0 aliphatic heterocycles. The average Bonchev–Trinajstić information content (AvgIpc) is 1.63. The second-order valence-electron chi connectivity index (χ2n) is 2.98. The highest BCUT2D eigenvalue weighted by Crippen LogP contribution is 1.87. The summed E-state index contributed by atoms with van der Waals surface area (Å²) in [7, 11) is 6.15. The molecule has 0 bridgehead atoms. The van der Waals surface area contributed by atoms with Crippen molar-refractivity contribution in [3.63, 3.8) is 0 Å². The van der Waals surface area contributed by atoms with Crippen LogP contribution in [0.5, 0.6) is 0 Å². The summed E-state index contributed by atoms with van der Waals surface area (Å²) in [6, 6.07) is 0. The van der Waals surface area contributed by atoms with Crippen molar-refractivity contribution in [1.29, 1.82) is 0 Å². The Hall–Kier alpha value is -0.0900. The molecule has 0 spiro atoms. The van der Waals surface area contributed by atoms with Crippen LogP contribution in [0.15, 0.2) is 0 Å². The number of ether oxygens (including phenoxy) is 1. The lowest BCUT2D eigenvalue weighted by molar-refractivity contribution is -0.870. The van der Waals surface area contributed by atoms with Crippen molar-refractivity contribution in [2.24, 2.45) is 0 Å². The summed E-state index contributed by atoms with van der Waals surface area (Å²) in [6.07, 6.45) is 0. The molecular weight excluding hydrogens is 198 g/mol. The minimum atomic E-state index is 0. The predicted molar refractivity (Wildman–Crippen MR) is 34.9 cm³/mol. The molecule has 4 heteroatoms. The fourth-order valence-electron chi connectivity index (χ4n) is 0.375. The largest absolute Gasteiger partial charge is 1.00 e. The van der Waals surface area contributed by atoms with Crippen molar-refractivity contribution >= 4 is 6.47 Å². The summed E-state index contributed by atoms with van der Waals surface area (Å²) in [5.74, 6) is 0. The molecule has 3 nitrogen and oxygen atoms in total. The highest BCUT2D eigenvalue weighted by Gasteiger charge is 2.04. The van der Waals surface area contributed by atoms with Crippen LogP contribution in [0, 0.1) is 0 Å². The SMILES string of the molecule is C[N+](C)(C)CCOC=O.[Br-]. The Labute approximate surface area is 72.3 Å². The molecule has 0 aliphatic carbocycles. The molecule has 0 aromatic carbocycles. The Morgan fingerprint density at radius 3 is 2.20 bits per heavy atom. The summed E-state index contributed by atoms with van der Waals surface area (Å²) in [6.45, 7) is 1.85. The first-order valence-electron chi connectivity index (χ1n) is 2.92. The first-order chi connectivity index (χ1) is 4.06. The third kappa shape index (κ3) is 10.8. The number of quaternary nitrogens is 1. The van der Waals surface area contributed by atoms with E-state index >= 15 is 0 Å². The summed E-state index contributed by atoms with van der Waals surface area (Å²) in [5, 5.41) is 0. The van der Waals surface area contributed by atoms with E-state index in [1.807, 2.05) is 21.1 Å². The van der Waals surface area contributed by atoms with Crippen molar-refractivity contribution in [1.82, 2.24) is 0 Å². The average molecular weight is 212 g/mol. The van der Waals surface area contributed by atoms with Crippen LogP contribution < -0.4 is 17.0 Å². The number of carbonyl (C=O) groups is 1. The fraction of sp³-hybridized carbons (Fsp3) is 0.833. The van der Waals surface area contributed by atoms with Crippen LogP contribution in [0.2, 0.25) is 0 Å². The van der Waals surface area contributed by atoms with E-state index in [2.05, 4.69) is 4.74 Å². The molecule has 0 aliphatic rings. The van der Waals surface area contributed by atoms with Crippen molar-refractivity contribution in [3.8, 4) is 0 Å². The third-order valence-electron chi connectivity index (χ3n) is 0.948. The van der Waals surface area contributed by atoms with Crippen molar-refractivity contribution in [2.45, 2.75) is 0 Å². The molecule has 10 heavy (non-hydrogen) atoms. The summed E-state index contributed by atoms with van der Waals surface area (Å²) >= 11 is 0. The van der Waals surface area contributed by atoms with Gasteiger partial charge in [-0.15, -0.1) is 0 Å². The molecule has 0 saturated carbocycles. The van der Waals surface area contributed by atoms with E-state index in [4.69, 9.17) is 0 Å². The van der Waals surface area contributed by atoms with Gasteiger partial charge < -0.3 is 26.2 Å². The van der Waals surface area contributed by atoms with E-state index in [9.17, 15) is 4.79 Å². The smallest absolute Gasteiger partial charge is 0.293 e. The maximum atomic E-state index is 9.66. The molecule has 0 aromatic heterocycles. The number of rotatable bonds is 4. The van der Waals surface area contributed by atoms with E-state index < -0.39 is 0 Å². The van der Waals surface area contributed by atoms with E-state index in [1.54, 1.807) is 0 Å². The molecule has 0 unspecified atom stereocenters. The molecule has 0 heterocycles. The highest BCUT2D eigenvalue weighted by atomic mass is 79.9. The standard InChI is InChI=1S/C6H14NO2.BrH/c1-7(2,3)4-5-9-6-8;/h6H,4-5H2,1-3H3;1H/q+1;/p-1. The molecule has 0 radical (unpaired) electrons. The van der Waals surface area contributed by atoms with Crippen LogP contribution >= 0.6 is 0 Å². The van der Waals surface area contributed by atoms with Crippen LogP contribution in [0.1, 0.15) is 0 Å². The van der Waals surface area contributed by atoms with Gasteiger partial charge in [0.2, 0.25) is 0 Å². The number of hydrogen-bond acceptors (Lipinski definition) is 2. The molecule has 62 valence electrons. The Bertz CT molecular complexity index is 90.2. The minimum absolute atomic E-state index is 0. The Morgan fingerprint density at radius 2 is 1.90 bits per heavy atom. The van der Waals surface area contributed by atoms with Crippen molar-refractivity contribution in [2.75, 3.05) is 34.3 Å². The fourth-order valence-corrected chi connectivity index (χ4v) is 0.375. The summed E-state index contributed by atoms with van der Waals surface area (Å²) < 4.78 is 5.34. The zero-order valence-electron chi connectivity index (χ0n) is 6.63. The van der Waals surface area contributed by atoms with E-state index in [1.165, 1.54) is 0 Å². The van der Waals surface area contributed by atoms with Gasteiger partial charge in [-0.3, -0.25) is 4.79 Å². The van der Waals surface area contributed by atoms with E-state index in [0.717, 1.165) is 11.0 Å². The Balaban J connectivity index is 0. The second kappa shape index (κ2) is 5.68. The van der Waals surface area contributed by atoms with Crippen molar-refractivity contribution in [3.05, 3.63) is 0 Å². The monoisotopic (exact) mass is 211 g/mol. The van der Waals surface area contributed by atoms with Gasteiger partial charge >= 0.3 is 0 Å². The zero-order valence-corrected chi connectivity index (χ0v) is 8.22. The predicted octanol–water partition coefficient (Wildman–Crippen LogP) is -3.13. The maximum absolute atomic E-state index is 9.66. The van der Waals surface area contributed by atoms with Crippen LogP contribution in [0.25, 0.3) is 0 Å². The van der Waals surface area contributed by atoms with Crippen LogP contribution in [-0.4, -0.2) is 45.2 Å². The van der Waals surface area contributed by atoms with Crippen LogP contribution in [0.3, 0.4) is 0 Å². The van der Waals surface area contributed by atoms with Crippen LogP contribution in [-0.2, 0) is 9.53 Å². The number of hydrogen-bond donors (Lipinski definition) is 0. The highest BCUT2D eigenvalue weighted by molar-refractivity contribution is 5.36. The number of carbonyl (C=O) groups excluding carboxylic acids is 1. The lowest BCUT2D eigenvalue weighted by atomic mass is 10.5. The number of nitrogens with zero attached hydrogens (tertiary/aromatic N) is 1. The summed E-state index contributed by atoms with van der Waals surface area (Å²) in [4.78, 5) is 9.66. The van der Waals surface area contributed by atoms with Gasteiger partial charge in [-0.1, -0.05) is 0 Å². The zero-order chi connectivity index (χ0) is 7.33. The Kier molecular flexibility index (Phi) is 7.14. The molecule has 0 atom stereocenters. The van der Waals surface area contributed by atoms with Gasteiger partial charge in [0.15, 0.2) is 0 Å². The number of likely N-dealkylation sites (N-methyl/N-ethyl adjacent to an activating group) is 1. The molecule has 0 N–H and O–H groups in total. The van der Waals surface area contributed by atoms with Gasteiger partial charge in [0.05, 0.1) is 21.1 Å². The molecular formula is C6H14BrNO2. The van der Waals surface area contributed by atoms with Gasteiger partial charge in [-0.05, 0) is 0 Å². The normalized spacial score (nSPS) is 9.90. The lowest BCUT2D eigenvalue weighted by Gasteiger charge is -2.22. The molecule has 0 rings (SSSR count). The first kappa shape index (κ1) is 12.6. The quantitative estimate of drug-likeness (QED) is 0.280. The first-order valence-corrected chi connectivity index (χ1v) is 2.92. The van der Waals surface area contributed by atoms with E-state index in [-0.39, 0.29) is 17.0 Å². The van der Waals surface area contributed by atoms with Crippen molar-refractivity contribution < 1.29 is 31.0 Å². The lowest BCUT2D eigenvalue weighted by Crippen LogP contribution is -3.00. The molecule has 0 aromatic rings. The van der Waals surface area contributed by atoms with Gasteiger partial charge in [-0.2, -0.15) is 0 Å². The Morgan fingerprint density at radius 1 is 1.40 bits per heavy atom. The van der Waals surface area contributed by atoms with Gasteiger partial charge in [0.25, 0.3) is 6.47 Å². The van der Waals surface area contributed by atoms with Gasteiger partial charge in [0, 0.05) is 0 Å². The minimum Gasteiger partial charge on any atom is -1.00 e. The molecule has 0 saturated heterocycles. The molecule has 0 amide bonds. The van der Waals surface area contributed by atoms with Gasteiger partial charge in [0.1, 0.15) is 13.2 Å². The van der Waals surface area contributed by atoms with Gasteiger partial charge in [-0.25, -0.2) is 0 Å². The van der Waals surface area contributed by atoms with Crippen LogP contribution in [0.4, 0.5) is 0 Å². The topological polar surface area (TPSA) is 26.3 Å². The maximum Gasteiger partial charge on any atom is 0.293 e. The third-order valence-corrected chi connectivity index (χ3v) is 0.948. The van der Waals surface area contributed by atoms with E-state index in [0.29, 0.717) is 13.1 Å². The number of halogens is 1. The second-order valence-corrected chi connectivity index (χ2v) is 2.98.